The molecular formula is C17H20ClN7O4. The third-order valence-electron chi connectivity index (χ3n) is 4.58. The minimum Gasteiger partial charge on any atom is -0.379 e. The van der Waals surface area contributed by atoms with Crippen LogP contribution in [0.2, 0.25) is 5.02 Å². The largest absolute Gasteiger partial charge is 0.379 e. The normalized spacial score (nSPS) is 11.0. The second-order valence-electron chi connectivity index (χ2n) is 6.50. The summed E-state index contributed by atoms with van der Waals surface area (Å²) in [6.07, 6.45) is 0.625. The predicted octanol–water partition coefficient (Wildman–Crippen LogP) is 1.45. The summed E-state index contributed by atoms with van der Waals surface area (Å²) < 4.78 is 3.97. The van der Waals surface area contributed by atoms with Crippen molar-refractivity contribution in [1.82, 2.24) is 18.7 Å². The number of nitro benzene ring substituents is 1. The van der Waals surface area contributed by atoms with E-state index in [1.807, 2.05) is 0 Å². The van der Waals surface area contributed by atoms with Crippen molar-refractivity contribution in [3.8, 4) is 0 Å². The summed E-state index contributed by atoms with van der Waals surface area (Å²) in [5.74, 6) is 0.454. The summed E-state index contributed by atoms with van der Waals surface area (Å²) in [5.41, 5.74) is 0.0759. The summed E-state index contributed by atoms with van der Waals surface area (Å²) in [6.45, 7) is 0.972. The van der Waals surface area contributed by atoms with Gasteiger partial charge in [-0.05, 0) is 18.6 Å². The molecule has 154 valence electrons. The lowest BCUT2D eigenvalue weighted by Crippen LogP contribution is -2.37. The molecule has 2 aromatic heterocycles. The van der Waals surface area contributed by atoms with Crippen molar-refractivity contribution >= 4 is 40.1 Å². The van der Waals surface area contributed by atoms with Crippen LogP contribution in [0, 0.1) is 10.1 Å². The van der Waals surface area contributed by atoms with Gasteiger partial charge in [0.1, 0.15) is 5.69 Å². The summed E-state index contributed by atoms with van der Waals surface area (Å²) in [7, 11) is 4.68. The Morgan fingerprint density at radius 2 is 1.79 bits per heavy atom. The molecular weight excluding hydrogens is 402 g/mol. The van der Waals surface area contributed by atoms with Crippen molar-refractivity contribution in [3.05, 3.63) is 54.2 Å². The van der Waals surface area contributed by atoms with Gasteiger partial charge >= 0.3 is 5.69 Å². The maximum atomic E-state index is 12.4. The fourth-order valence-electron chi connectivity index (χ4n) is 2.99. The highest BCUT2D eigenvalue weighted by Gasteiger charge is 2.17. The third kappa shape index (κ3) is 3.81. The van der Waals surface area contributed by atoms with Crippen molar-refractivity contribution in [3.63, 3.8) is 0 Å². The minimum atomic E-state index is -0.489. The Labute approximate surface area is 169 Å². The molecule has 0 unspecified atom stereocenters. The Morgan fingerprint density at radius 3 is 2.48 bits per heavy atom. The average molecular weight is 422 g/mol. The van der Waals surface area contributed by atoms with Gasteiger partial charge in [0.15, 0.2) is 11.2 Å². The molecule has 0 atom stereocenters. The fourth-order valence-corrected chi connectivity index (χ4v) is 3.16. The van der Waals surface area contributed by atoms with Crippen molar-refractivity contribution in [1.29, 1.82) is 0 Å². The second kappa shape index (κ2) is 7.95. The van der Waals surface area contributed by atoms with Gasteiger partial charge < -0.3 is 15.2 Å². The van der Waals surface area contributed by atoms with Gasteiger partial charge in [0.25, 0.3) is 11.2 Å². The van der Waals surface area contributed by atoms with Gasteiger partial charge in [-0.25, -0.2) is 4.79 Å². The summed E-state index contributed by atoms with van der Waals surface area (Å²) >= 11 is 5.81. The van der Waals surface area contributed by atoms with E-state index in [0.29, 0.717) is 47.3 Å². The number of rotatable bonds is 7. The molecule has 0 fully saturated rings. The first kappa shape index (κ1) is 20.4. The van der Waals surface area contributed by atoms with E-state index in [4.69, 9.17) is 11.6 Å². The topological polar surface area (TPSA) is 129 Å². The third-order valence-corrected chi connectivity index (χ3v) is 4.82. The van der Waals surface area contributed by atoms with E-state index in [9.17, 15) is 19.7 Å². The van der Waals surface area contributed by atoms with Crippen molar-refractivity contribution in [2.45, 2.75) is 6.42 Å². The number of fused-ring (bicyclic) bond motifs is 1. The zero-order valence-corrected chi connectivity index (χ0v) is 16.9. The number of aromatic nitrogens is 4. The van der Waals surface area contributed by atoms with E-state index in [2.05, 4.69) is 15.6 Å². The number of anilines is 2. The number of hydrogen-bond donors (Lipinski definition) is 2. The second-order valence-corrected chi connectivity index (χ2v) is 6.93. The number of nitrogens with one attached hydrogen (secondary N) is 2. The SMILES string of the molecule is Cn1c(=O)c2c(nc(NCCCNc3ccc(Cl)cc3[N+](=O)[O-])n2C)n(C)c1=O. The molecule has 11 nitrogen and oxygen atoms in total. The molecule has 0 amide bonds. The molecule has 0 aliphatic rings. The number of nitrogens with zero attached hydrogens (tertiary/aromatic N) is 5. The zero-order valence-electron chi connectivity index (χ0n) is 16.1. The first-order valence-electron chi connectivity index (χ1n) is 8.76. The van der Waals surface area contributed by atoms with Crippen LogP contribution in [-0.2, 0) is 21.1 Å². The van der Waals surface area contributed by atoms with Gasteiger partial charge in [-0.1, -0.05) is 11.6 Å². The van der Waals surface area contributed by atoms with E-state index >= 15 is 0 Å². The van der Waals surface area contributed by atoms with Crippen LogP contribution in [0.1, 0.15) is 6.42 Å². The molecule has 0 saturated heterocycles. The highest BCUT2D eigenvalue weighted by molar-refractivity contribution is 6.30. The number of aryl methyl sites for hydroxylation is 2. The number of imidazole rings is 1. The monoisotopic (exact) mass is 421 g/mol. The highest BCUT2D eigenvalue weighted by Crippen LogP contribution is 2.27. The lowest BCUT2D eigenvalue weighted by molar-refractivity contribution is -0.383. The van der Waals surface area contributed by atoms with Crippen LogP contribution in [0.25, 0.3) is 11.2 Å². The molecule has 0 bridgehead atoms. The van der Waals surface area contributed by atoms with E-state index in [1.165, 1.54) is 17.7 Å². The van der Waals surface area contributed by atoms with Crippen molar-refractivity contribution in [2.24, 2.45) is 21.1 Å². The number of nitro groups is 1. The van der Waals surface area contributed by atoms with E-state index in [0.717, 1.165) is 4.57 Å². The summed E-state index contributed by atoms with van der Waals surface area (Å²) in [5, 5.41) is 17.5. The number of halogens is 1. The van der Waals surface area contributed by atoms with E-state index in [1.54, 1.807) is 30.8 Å². The Bertz CT molecular complexity index is 1210. The van der Waals surface area contributed by atoms with Gasteiger partial charge in [-0.15, -0.1) is 0 Å². The predicted molar refractivity (Wildman–Crippen MR) is 111 cm³/mol. The van der Waals surface area contributed by atoms with Gasteiger partial charge in [-0.3, -0.25) is 24.0 Å². The first-order chi connectivity index (χ1) is 13.7. The van der Waals surface area contributed by atoms with Crippen molar-refractivity contribution in [2.75, 3.05) is 23.7 Å². The maximum absolute atomic E-state index is 12.4. The lowest BCUT2D eigenvalue weighted by Gasteiger charge is -2.09. The van der Waals surface area contributed by atoms with Gasteiger partial charge in [-0.2, -0.15) is 4.98 Å². The smallest absolute Gasteiger partial charge is 0.332 e. The van der Waals surface area contributed by atoms with Crippen LogP contribution in [0.4, 0.5) is 17.3 Å². The molecule has 29 heavy (non-hydrogen) atoms. The molecule has 12 heteroatoms. The van der Waals surface area contributed by atoms with E-state index < -0.39 is 16.2 Å². The number of benzene rings is 1. The summed E-state index contributed by atoms with van der Waals surface area (Å²) in [4.78, 5) is 39.4. The molecule has 3 rings (SSSR count). The molecule has 0 spiro atoms. The zero-order chi connectivity index (χ0) is 21.3. The van der Waals surface area contributed by atoms with Crippen LogP contribution in [0.15, 0.2) is 27.8 Å². The van der Waals surface area contributed by atoms with Crippen LogP contribution >= 0.6 is 11.6 Å². The number of hydrogen-bond acceptors (Lipinski definition) is 7. The molecule has 2 N–H and O–H groups in total. The van der Waals surface area contributed by atoms with Crippen LogP contribution < -0.4 is 21.9 Å². The molecule has 2 heterocycles. The Kier molecular flexibility index (Phi) is 5.59. The van der Waals surface area contributed by atoms with Crippen LogP contribution in [0.3, 0.4) is 0 Å². The van der Waals surface area contributed by atoms with Gasteiger partial charge in [0.2, 0.25) is 5.95 Å². The quantitative estimate of drug-likeness (QED) is 0.335. The fraction of sp³-hybridized carbons (Fsp3) is 0.353. The molecule has 3 aromatic rings. The molecule has 0 radical (unpaired) electrons. The Morgan fingerprint density at radius 1 is 1.10 bits per heavy atom. The molecule has 0 aliphatic carbocycles. The van der Waals surface area contributed by atoms with Gasteiger partial charge in [0, 0.05) is 45.3 Å². The molecule has 1 aromatic carbocycles. The Hall–Kier alpha value is -3.34. The van der Waals surface area contributed by atoms with Crippen molar-refractivity contribution < 1.29 is 4.92 Å². The van der Waals surface area contributed by atoms with Gasteiger partial charge in [0.05, 0.1) is 4.92 Å². The molecule has 0 saturated carbocycles. The molecule has 0 aliphatic heterocycles. The van der Waals surface area contributed by atoms with Crippen LogP contribution in [0.5, 0.6) is 0 Å². The first-order valence-corrected chi connectivity index (χ1v) is 9.14. The average Bonchev–Trinajstić information content (AvgIpc) is 3.01. The summed E-state index contributed by atoms with van der Waals surface area (Å²) in [6, 6.07) is 4.45. The lowest BCUT2D eigenvalue weighted by atomic mass is 10.2. The highest BCUT2D eigenvalue weighted by atomic mass is 35.5. The van der Waals surface area contributed by atoms with Crippen LogP contribution in [-0.4, -0.2) is 36.7 Å². The standard InChI is InChI=1S/C17H20ClN7O4/c1-22-13-14(23(2)17(27)24(3)15(13)26)21-16(22)20-8-4-7-19-11-6-5-10(18)9-12(11)25(28)29/h5-6,9,19H,4,7-8H2,1-3H3,(H,20,21). The van der Waals surface area contributed by atoms with E-state index in [-0.39, 0.29) is 5.69 Å². The Balaban J connectivity index is 1.67. The minimum absolute atomic E-state index is 0.0856. The maximum Gasteiger partial charge on any atom is 0.332 e.